The molecule has 0 radical (unpaired) electrons. The van der Waals surface area contributed by atoms with Crippen LogP contribution in [0.3, 0.4) is 0 Å². The Hall–Kier alpha value is -3.61. The van der Waals surface area contributed by atoms with Crippen LogP contribution in [0.5, 0.6) is 0 Å². The van der Waals surface area contributed by atoms with Gasteiger partial charge >= 0.3 is 12.0 Å². The van der Waals surface area contributed by atoms with Gasteiger partial charge in [-0.3, -0.25) is 4.79 Å². The summed E-state index contributed by atoms with van der Waals surface area (Å²) in [6.45, 7) is 3.15. The molecule has 2 aromatic carbocycles. The van der Waals surface area contributed by atoms with Crippen molar-refractivity contribution in [3.63, 3.8) is 0 Å². The first-order valence-corrected chi connectivity index (χ1v) is 9.41. The largest absolute Gasteiger partial charge is 0.456 e. The van der Waals surface area contributed by atoms with Crippen molar-refractivity contribution in [3.8, 4) is 0 Å². The van der Waals surface area contributed by atoms with E-state index in [4.69, 9.17) is 4.74 Å². The first-order valence-electron chi connectivity index (χ1n) is 9.41. The average molecular weight is 393 g/mol. The lowest BCUT2D eigenvalue weighted by Gasteiger charge is -2.14. The molecule has 3 N–H and O–H groups in total. The zero-order chi connectivity index (χ0) is 20.8. The lowest BCUT2D eigenvalue weighted by Crippen LogP contribution is -2.42. The summed E-state index contributed by atoms with van der Waals surface area (Å²) < 4.78 is 5.10. The molecule has 0 aliphatic carbocycles. The van der Waals surface area contributed by atoms with Crippen LogP contribution in [0.1, 0.15) is 29.8 Å². The van der Waals surface area contributed by atoms with Gasteiger partial charge in [-0.05, 0) is 31.0 Å². The fourth-order valence-electron chi connectivity index (χ4n) is 3.03. The number of amides is 2. The Kier molecular flexibility index (Phi) is 6.29. The van der Waals surface area contributed by atoms with Crippen molar-refractivity contribution in [2.45, 2.75) is 26.3 Å². The molecule has 0 fully saturated rings. The monoisotopic (exact) mass is 393 g/mol. The summed E-state index contributed by atoms with van der Waals surface area (Å²) in [5.41, 5.74) is 3.11. The van der Waals surface area contributed by atoms with E-state index in [-0.39, 0.29) is 5.78 Å². The van der Waals surface area contributed by atoms with Crippen LogP contribution in [0, 0.1) is 0 Å². The minimum absolute atomic E-state index is 0.307. The lowest BCUT2D eigenvalue weighted by atomic mass is 10.1. The summed E-state index contributed by atoms with van der Waals surface area (Å²) in [4.78, 5) is 39.7. The minimum atomic E-state index is -0.902. The summed E-state index contributed by atoms with van der Waals surface area (Å²) in [7, 11) is 0. The number of aryl methyl sites for hydroxylation is 1. The van der Waals surface area contributed by atoms with Gasteiger partial charge in [0.15, 0.2) is 6.61 Å². The fourth-order valence-corrected chi connectivity index (χ4v) is 3.03. The van der Waals surface area contributed by atoms with Crippen molar-refractivity contribution in [1.82, 2.24) is 10.3 Å². The molecular weight excluding hydrogens is 370 g/mol. The van der Waals surface area contributed by atoms with Gasteiger partial charge in [-0.2, -0.15) is 0 Å². The number of rotatable bonds is 7. The first-order chi connectivity index (χ1) is 14.0. The van der Waals surface area contributed by atoms with Crippen molar-refractivity contribution in [2.24, 2.45) is 0 Å². The highest BCUT2D eigenvalue weighted by Crippen LogP contribution is 2.22. The zero-order valence-electron chi connectivity index (χ0n) is 16.3. The molecule has 29 heavy (non-hydrogen) atoms. The lowest BCUT2D eigenvalue weighted by molar-refractivity contribution is -0.144. The number of carbonyl (C=O) groups excluding carboxylic acids is 3. The molecule has 150 valence electrons. The molecule has 7 nitrogen and oxygen atoms in total. The molecule has 7 heteroatoms. The van der Waals surface area contributed by atoms with Crippen LogP contribution >= 0.6 is 0 Å². The summed E-state index contributed by atoms with van der Waals surface area (Å²) in [5.74, 6) is -0.991. The Bertz CT molecular complexity index is 1030. The standard InChI is InChI=1S/C22H23N3O4/c1-3-15-8-7-11-17-18(12-23-20(15)17)19(26)13-29-21(27)14(2)24-22(28)25-16-9-5-4-6-10-16/h4-12,14,23H,3,13H2,1-2H3,(H2,24,25,28)/t14-/m0/s1. The maximum Gasteiger partial charge on any atom is 0.328 e. The topological polar surface area (TPSA) is 100 Å². The van der Waals surface area contributed by atoms with E-state index in [2.05, 4.69) is 15.6 Å². The number of aromatic nitrogens is 1. The van der Waals surface area contributed by atoms with Crippen molar-refractivity contribution in [2.75, 3.05) is 11.9 Å². The fraction of sp³-hybridized carbons (Fsp3) is 0.227. The number of para-hydroxylation sites is 2. The molecule has 3 aromatic rings. The number of ketones is 1. The Morgan fingerprint density at radius 1 is 1.07 bits per heavy atom. The van der Waals surface area contributed by atoms with Gasteiger partial charge in [0.1, 0.15) is 6.04 Å². The van der Waals surface area contributed by atoms with E-state index in [1.165, 1.54) is 6.92 Å². The normalized spacial score (nSPS) is 11.7. The van der Waals surface area contributed by atoms with Crippen molar-refractivity contribution in [3.05, 3.63) is 65.9 Å². The number of Topliss-reactive ketones (excluding diaryl/α,β-unsaturated/α-hetero) is 1. The molecule has 0 unspecified atom stereocenters. The van der Waals surface area contributed by atoms with Gasteiger partial charge in [0.2, 0.25) is 5.78 Å². The van der Waals surface area contributed by atoms with Gasteiger partial charge in [-0.15, -0.1) is 0 Å². The quantitative estimate of drug-likeness (QED) is 0.421. The molecule has 0 saturated carbocycles. The molecule has 0 aliphatic rings. The second kappa shape index (κ2) is 9.05. The third-order valence-electron chi connectivity index (χ3n) is 4.56. The number of carbonyl (C=O) groups is 3. The van der Waals surface area contributed by atoms with Crippen LogP contribution in [0.25, 0.3) is 10.9 Å². The Morgan fingerprint density at radius 2 is 1.83 bits per heavy atom. The summed E-state index contributed by atoms with van der Waals surface area (Å²) in [6.07, 6.45) is 2.48. The van der Waals surface area contributed by atoms with Crippen LogP contribution in [0.15, 0.2) is 54.7 Å². The van der Waals surface area contributed by atoms with Crippen LogP contribution in [0.4, 0.5) is 10.5 Å². The third-order valence-corrected chi connectivity index (χ3v) is 4.56. The van der Waals surface area contributed by atoms with Gasteiger partial charge < -0.3 is 20.4 Å². The summed E-state index contributed by atoms with van der Waals surface area (Å²) in [5, 5.41) is 5.91. The van der Waals surface area contributed by atoms with Gasteiger partial charge in [0.25, 0.3) is 0 Å². The number of anilines is 1. The van der Waals surface area contributed by atoms with Crippen LogP contribution in [-0.4, -0.2) is 35.4 Å². The number of nitrogens with one attached hydrogen (secondary N) is 3. The van der Waals surface area contributed by atoms with E-state index in [0.717, 1.165) is 22.9 Å². The molecule has 1 atom stereocenters. The number of ether oxygens (including phenoxy) is 1. The molecule has 1 heterocycles. The van der Waals surface area contributed by atoms with Gasteiger partial charge in [0, 0.05) is 28.4 Å². The van der Waals surface area contributed by atoms with E-state index >= 15 is 0 Å². The second-order valence-electron chi connectivity index (χ2n) is 6.61. The van der Waals surface area contributed by atoms with Crippen molar-refractivity contribution < 1.29 is 19.1 Å². The SMILES string of the molecule is CCc1cccc2c(C(=O)COC(=O)[C@H](C)NC(=O)Nc3ccccc3)c[nH]c12. The van der Waals surface area contributed by atoms with E-state index in [1.807, 2.05) is 31.2 Å². The summed E-state index contributed by atoms with van der Waals surface area (Å²) >= 11 is 0. The number of urea groups is 1. The number of aromatic amines is 1. The Balaban J connectivity index is 1.54. The highest BCUT2D eigenvalue weighted by Gasteiger charge is 2.20. The molecule has 0 spiro atoms. The smallest absolute Gasteiger partial charge is 0.328 e. The maximum atomic E-state index is 12.5. The predicted octanol–water partition coefficient (Wildman–Crippen LogP) is 3.67. The highest BCUT2D eigenvalue weighted by atomic mass is 16.5. The maximum absolute atomic E-state index is 12.5. The van der Waals surface area contributed by atoms with Gasteiger partial charge in [0.05, 0.1) is 0 Å². The molecule has 2 amide bonds. The Morgan fingerprint density at radius 3 is 2.55 bits per heavy atom. The van der Waals surface area contributed by atoms with E-state index in [9.17, 15) is 14.4 Å². The Labute approximate surface area is 168 Å². The number of H-pyrrole nitrogens is 1. The van der Waals surface area contributed by atoms with Crippen molar-refractivity contribution >= 4 is 34.4 Å². The first kappa shape index (κ1) is 20.1. The minimum Gasteiger partial charge on any atom is -0.456 e. The van der Waals surface area contributed by atoms with Crippen LogP contribution in [-0.2, 0) is 16.0 Å². The van der Waals surface area contributed by atoms with Crippen molar-refractivity contribution in [1.29, 1.82) is 0 Å². The predicted molar refractivity (Wildman–Crippen MR) is 111 cm³/mol. The molecular formula is C22H23N3O4. The molecule has 3 rings (SSSR count). The van der Waals surface area contributed by atoms with E-state index < -0.39 is 24.6 Å². The molecule has 0 saturated heterocycles. The van der Waals surface area contributed by atoms with Gasteiger partial charge in [-0.1, -0.05) is 43.3 Å². The zero-order valence-corrected chi connectivity index (χ0v) is 16.3. The number of hydrogen-bond acceptors (Lipinski definition) is 4. The van der Waals surface area contributed by atoms with Crippen LogP contribution in [0.2, 0.25) is 0 Å². The number of fused-ring (bicyclic) bond motifs is 1. The molecule has 0 bridgehead atoms. The summed E-state index contributed by atoms with van der Waals surface area (Å²) in [6, 6.07) is 13.2. The average Bonchev–Trinajstić information content (AvgIpc) is 3.16. The molecule has 0 aliphatic heterocycles. The highest BCUT2D eigenvalue weighted by molar-refractivity contribution is 6.09. The number of hydrogen-bond donors (Lipinski definition) is 3. The second-order valence-corrected chi connectivity index (χ2v) is 6.61. The van der Waals surface area contributed by atoms with E-state index in [1.54, 1.807) is 30.5 Å². The number of benzene rings is 2. The number of esters is 1. The van der Waals surface area contributed by atoms with Gasteiger partial charge in [-0.25, -0.2) is 9.59 Å². The van der Waals surface area contributed by atoms with Crippen LogP contribution < -0.4 is 10.6 Å². The molecule has 1 aromatic heterocycles. The van der Waals surface area contributed by atoms with E-state index in [0.29, 0.717) is 11.3 Å². The third kappa shape index (κ3) is 4.82.